The Morgan fingerprint density at radius 3 is 2.58 bits per heavy atom. The number of ketones is 1. The second kappa shape index (κ2) is 6.31. The van der Waals surface area contributed by atoms with Crippen LogP contribution in [0.5, 0.6) is 0 Å². The summed E-state index contributed by atoms with van der Waals surface area (Å²) in [4.78, 5) is 12.0. The number of allylic oxidation sites excluding steroid dienone is 3. The van der Waals surface area contributed by atoms with E-state index in [1.54, 1.807) is 26.0 Å². The summed E-state index contributed by atoms with van der Waals surface area (Å²) in [7, 11) is 0. The van der Waals surface area contributed by atoms with Crippen molar-refractivity contribution >= 4 is 5.78 Å². The first-order valence-electron chi connectivity index (χ1n) is 6.70. The van der Waals surface area contributed by atoms with Crippen molar-refractivity contribution < 1.29 is 15.0 Å². The lowest BCUT2D eigenvalue weighted by molar-refractivity contribution is -0.116. The van der Waals surface area contributed by atoms with Crippen LogP contribution in [0, 0.1) is 0 Å². The molecule has 0 aromatic heterocycles. The molecule has 0 heterocycles. The van der Waals surface area contributed by atoms with Gasteiger partial charge >= 0.3 is 0 Å². The normalized spacial score (nSPS) is 21.2. The van der Waals surface area contributed by atoms with Gasteiger partial charge in [0, 0.05) is 12.0 Å². The van der Waals surface area contributed by atoms with Crippen LogP contribution < -0.4 is 0 Å². The van der Waals surface area contributed by atoms with E-state index in [0.29, 0.717) is 30.4 Å². The fraction of sp³-hybridized carbons (Fsp3) is 0.562. The maximum atomic E-state index is 12.0. The summed E-state index contributed by atoms with van der Waals surface area (Å²) in [6.45, 7) is 7.29. The number of aliphatic hydroxyl groups excluding tert-OH is 1. The van der Waals surface area contributed by atoms with Crippen LogP contribution in [-0.4, -0.2) is 27.7 Å². The molecule has 2 N–H and O–H groups in total. The van der Waals surface area contributed by atoms with Gasteiger partial charge in [-0.25, -0.2) is 0 Å². The van der Waals surface area contributed by atoms with Gasteiger partial charge in [-0.05, 0) is 46.1 Å². The van der Waals surface area contributed by atoms with E-state index in [1.807, 2.05) is 19.9 Å². The molecular formula is C16H24O3. The first-order valence-corrected chi connectivity index (χ1v) is 6.70. The Morgan fingerprint density at radius 2 is 2.05 bits per heavy atom. The smallest absolute Gasteiger partial charge is 0.159 e. The summed E-state index contributed by atoms with van der Waals surface area (Å²) < 4.78 is 0. The minimum Gasteiger partial charge on any atom is -0.388 e. The molecule has 0 aliphatic heterocycles. The van der Waals surface area contributed by atoms with E-state index < -0.39 is 11.7 Å². The molecule has 0 bridgehead atoms. The SMILES string of the molecule is CC(C)=CCC1=C(C=CC(C)(C)O)C(O)CCC1=O. The van der Waals surface area contributed by atoms with Gasteiger partial charge in [0.25, 0.3) is 0 Å². The Kier molecular flexibility index (Phi) is 5.27. The summed E-state index contributed by atoms with van der Waals surface area (Å²) in [6.07, 6.45) is 6.09. The zero-order chi connectivity index (χ0) is 14.6. The van der Waals surface area contributed by atoms with E-state index >= 15 is 0 Å². The van der Waals surface area contributed by atoms with Crippen LogP contribution in [0.25, 0.3) is 0 Å². The number of Topliss-reactive ketones (excluding diaryl/α,β-unsaturated/α-hetero) is 1. The van der Waals surface area contributed by atoms with Crippen LogP contribution in [0.15, 0.2) is 34.9 Å². The molecule has 3 nitrogen and oxygen atoms in total. The molecule has 1 unspecified atom stereocenters. The molecule has 3 heteroatoms. The molecule has 1 rings (SSSR count). The quantitative estimate of drug-likeness (QED) is 0.768. The van der Waals surface area contributed by atoms with Crippen molar-refractivity contribution in [2.75, 3.05) is 0 Å². The second-order valence-electron chi connectivity index (χ2n) is 5.88. The van der Waals surface area contributed by atoms with Crippen LogP contribution in [0.4, 0.5) is 0 Å². The lowest BCUT2D eigenvalue weighted by atomic mass is 9.85. The highest BCUT2D eigenvalue weighted by atomic mass is 16.3. The minimum atomic E-state index is -0.950. The molecule has 0 spiro atoms. The van der Waals surface area contributed by atoms with Crippen molar-refractivity contribution in [3.63, 3.8) is 0 Å². The van der Waals surface area contributed by atoms with Crippen LogP contribution in [-0.2, 0) is 4.79 Å². The Bertz CT molecular complexity index is 429. The Morgan fingerprint density at radius 1 is 1.42 bits per heavy atom. The topological polar surface area (TPSA) is 57.5 Å². The lowest BCUT2D eigenvalue weighted by Gasteiger charge is -2.22. The molecule has 0 saturated carbocycles. The number of carbonyl (C=O) groups is 1. The van der Waals surface area contributed by atoms with Gasteiger partial charge in [-0.3, -0.25) is 4.79 Å². The van der Waals surface area contributed by atoms with E-state index in [2.05, 4.69) is 0 Å². The summed E-state index contributed by atoms with van der Waals surface area (Å²) in [5.74, 6) is 0.0956. The van der Waals surface area contributed by atoms with Gasteiger partial charge < -0.3 is 10.2 Å². The van der Waals surface area contributed by atoms with Crippen molar-refractivity contribution in [1.82, 2.24) is 0 Å². The highest BCUT2D eigenvalue weighted by Gasteiger charge is 2.25. The predicted molar refractivity (Wildman–Crippen MR) is 76.8 cm³/mol. The summed E-state index contributed by atoms with van der Waals surface area (Å²) >= 11 is 0. The highest BCUT2D eigenvalue weighted by Crippen LogP contribution is 2.27. The third-order valence-corrected chi connectivity index (χ3v) is 3.07. The van der Waals surface area contributed by atoms with Gasteiger partial charge in [-0.15, -0.1) is 0 Å². The zero-order valence-electron chi connectivity index (χ0n) is 12.2. The average molecular weight is 264 g/mol. The molecule has 106 valence electrons. The number of hydrogen-bond acceptors (Lipinski definition) is 3. The van der Waals surface area contributed by atoms with E-state index in [9.17, 15) is 15.0 Å². The van der Waals surface area contributed by atoms with Gasteiger partial charge in [0.2, 0.25) is 0 Å². The summed E-state index contributed by atoms with van der Waals surface area (Å²) in [5, 5.41) is 19.8. The monoisotopic (exact) mass is 264 g/mol. The molecule has 0 radical (unpaired) electrons. The third-order valence-electron chi connectivity index (χ3n) is 3.07. The molecule has 0 aromatic rings. The Balaban J connectivity index is 3.12. The average Bonchev–Trinajstić information content (AvgIpc) is 2.27. The van der Waals surface area contributed by atoms with Gasteiger partial charge in [-0.2, -0.15) is 0 Å². The standard InChI is InChI=1S/C16H24O3/c1-11(2)5-6-12-13(9-10-16(3,4)19)15(18)8-7-14(12)17/h5,9-10,15,18-19H,6-8H2,1-4H3. The van der Waals surface area contributed by atoms with Crippen molar-refractivity contribution in [3.05, 3.63) is 34.9 Å². The van der Waals surface area contributed by atoms with Gasteiger partial charge in [-0.1, -0.05) is 23.8 Å². The maximum Gasteiger partial charge on any atom is 0.159 e. The van der Waals surface area contributed by atoms with Crippen molar-refractivity contribution in [2.45, 2.75) is 58.7 Å². The highest BCUT2D eigenvalue weighted by molar-refractivity contribution is 5.98. The molecule has 0 saturated heterocycles. The van der Waals surface area contributed by atoms with Crippen LogP contribution in [0.3, 0.4) is 0 Å². The zero-order valence-corrected chi connectivity index (χ0v) is 12.2. The molecule has 19 heavy (non-hydrogen) atoms. The van der Waals surface area contributed by atoms with Gasteiger partial charge in [0.05, 0.1) is 11.7 Å². The van der Waals surface area contributed by atoms with Gasteiger partial charge in [0.15, 0.2) is 5.78 Å². The van der Waals surface area contributed by atoms with E-state index in [1.165, 1.54) is 0 Å². The summed E-state index contributed by atoms with van der Waals surface area (Å²) in [5.41, 5.74) is 1.51. The van der Waals surface area contributed by atoms with Crippen LogP contribution in [0.1, 0.15) is 47.0 Å². The molecule has 0 aromatic carbocycles. The number of carbonyl (C=O) groups excluding carboxylic acids is 1. The largest absolute Gasteiger partial charge is 0.388 e. The molecule has 0 fully saturated rings. The van der Waals surface area contributed by atoms with E-state index in [4.69, 9.17) is 0 Å². The Labute approximate surface area is 115 Å². The number of hydrogen-bond donors (Lipinski definition) is 2. The van der Waals surface area contributed by atoms with E-state index in [-0.39, 0.29) is 5.78 Å². The first kappa shape index (κ1) is 15.9. The molecular weight excluding hydrogens is 240 g/mol. The third kappa shape index (κ3) is 5.13. The van der Waals surface area contributed by atoms with Gasteiger partial charge in [0.1, 0.15) is 0 Å². The van der Waals surface area contributed by atoms with Crippen molar-refractivity contribution in [2.24, 2.45) is 0 Å². The number of aliphatic hydroxyl groups is 2. The second-order valence-corrected chi connectivity index (χ2v) is 5.88. The first-order chi connectivity index (χ1) is 8.70. The van der Waals surface area contributed by atoms with Crippen molar-refractivity contribution in [3.8, 4) is 0 Å². The number of rotatable bonds is 4. The van der Waals surface area contributed by atoms with Crippen LogP contribution in [0.2, 0.25) is 0 Å². The lowest BCUT2D eigenvalue weighted by Crippen LogP contribution is -2.23. The molecule has 0 amide bonds. The van der Waals surface area contributed by atoms with Crippen LogP contribution >= 0.6 is 0 Å². The fourth-order valence-corrected chi connectivity index (χ4v) is 1.98. The molecule has 1 aliphatic carbocycles. The predicted octanol–water partition coefficient (Wildman–Crippen LogP) is 2.69. The molecule has 1 aliphatic rings. The van der Waals surface area contributed by atoms with E-state index in [0.717, 1.165) is 5.57 Å². The summed E-state index contributed by atoms with van der Waals surface area (Å²) in [6, 6.07) is 0. The minimum absolute atomic E-state index is 0.0956. The molecule has 1 atom stereocenters. The fourth-order valence-electron chi connectivity index (χ4n) is 1.98. The Hall–Kier alpha value is -1.19. The van der Waals surface area contributed by atoms with Crippen molar-refractivity contribution in [1.29, 1.82) is 0 Å². The maximum absolute atomic E-state index is 12.0.